The fourth-order valence-corrected chi connectivity index (χ4v) is 9.74. The van der Waals surface area contributed by atoms with Crippen LogP contribution in [0.1, 0.15) is 40.5 Å². The summed E-state index contributed by atoms with van der Waals surface area (Å²) < 4.78 is 12.4. The summed E-state index contributed by atoms with van der Waals surface area (Å²) in [7, 11) is -2.09. The Balaban J connectivity index is 1.26. The van der Waals surface area contributed by atoms with Crippen molar-refractivity contribution in [1.29, 1.82) is 0 Å². The van der Waals surface area contributed by atoms with E-state index in [2.05, 4.69) is 148 Å². The van der Waals surface area contributed by atoms with Crippen molar-refractivity contribution in [3.8, 4) is 0 Å². The molecule has 1 saturated heterocycles. The van der Waals surface area contributed by atoms with Gasteiger partial charge in [-0.25, -0.2) is 0 Å². The van der Waals surface area contributed by atoms with E-state index < -0.39 is 7.26 Å². The van der Waals surface area contributed by atoms with Crippen LogP contribution in [0.25, 0.3) is 0 Å². The maximum Gasteiger partial charge on any atom is 0.494 e. The van der Waals surface area contributed by atoms with Crippen LogP contribution in [0.3, 0.4) is 0 Å². The highest BCUT2D eigenvalue weighted by Gasteiger charge is 2.51. The van der Waals surface area contributed by atoms with Crippen LogP contribution in [-0.4, -0.2) is 31.0 Å². The molecule has 1 heterocycles. The van der Waals surface area contributed by atoms with E-state index in [-0.39, 0.29) is 18.3 Å². The number of anilines is 1. The van der Waals surface area contributed by atoms with Gasteiger partial charge in [0.2, 0.25) is 0 Å². The molecule has 1 aliphatic rings. The summed E-state index contributed by atoms with van der Waals surface area (Å²) in [6, 6.07) is 41.9. The Morgan fingerprint density at radius 1 is 0.590 bits per heavy atom. The average Bonchev–Trinajstić information content (AvgIpc) is 3.19. The van der Waals surface area contributed by atoms with Gasteiger partial charge < -0.3 is 14.6 Å². The van der Waals surface area contributed by atoms with Crippen molar-refractivity contribution in [2.75, 3.05) is 18.0 Å². The Kier molecular flexibility index (Phi) is 8.28. The summed E-state index contributed by atoms with van der Waals surface area (Å²) in [6.07, 6.45) is 3.40. The van der Waals surface area contributed by atoms with E-state index in [0.29, 0.717) is 0 Å². The number of benzene rings is 4. The van der Waals surface area contributed by atoms with Crippen molar-refractivity contribution in [3.63, 3.8) is 0 Å². The van der Waals surface area contributed by atoms with Crippen LogP contribution in [0, 0.1) is 0 Å². The van der Waals surface area contributed by atoms with Gasteiger partial charge in [0.25, 0.3) is 0 Å². The van der Waals surface area contributed by atoms with Crippen LogP contribution in [0.15, 0.2) is 115 Å². The van der Waals surface area contributed by atoms with Crippen LogP contribution in [0.4, 0.5) is 5.69 Å². The van der Waals surface area contributed by atoms with Gasteiger partial charge in [-0.2, -0.15) is 0 Å². The average molecular weight is 536 g/mol. The summed E-state index contributed by atoms with van der Waals surface area (Å²) in [5.74, 6) is 0. The van der Waals surface area contributed by atoms with Gasteiger partial charge in [-0.1, -0.05) is 66.7 Å². The second kappa shape index (κ2) is 11.7. The lowest BCUT2D eigenvalue weighted by Crippen LogP contribution is -2.41. The third-order valence-corrected chi connectivity index (χ3v) is 12.8. The van der Waals surface area contributed by atoms with E-state index in [9.17, 15) is 0 Å². The monoisotopic (exact) mass is 536 g/mol. The van der Waals surface area contributed by atoms with Gasteiger partial charge in [0.1, 0.15) is 23.2 Å². The Morgan fingerprint density at radius 2 is 1.03 bits per heavy atom. The molecule has 0 aliphatic carbocycles. The van der Waals surface area contributed by atoms with Crippen LogP contribution in [0.5, 0.6) is 0 Å². The molecular formula is C34H40BNO2P+. The molecular weight excluding hydrogens is 496 g/mol. The Bertz CT molecular complexity index is 1220. The number of hydrogen-bond acceptors (Lipinski definition) is 3. The second-order valence-electron chi connectivity index (χ2n) is 11.4. The van der Waals surface area contributed by atoms with E-state index in [1.807, 2.05) is 0 Å². The zero-order valence-electron chi connectivity index (χ0n) is 23.6. The number of unbranched alkanes of at least 4 members (excludes halogenated alkanes) is 1. The summed E-state index contributed by atoms with van der Waals surface area (Å²) in [4.78, 5) is 0. The SMILES string of the molecule is CC1(C)OB(c2ccc(NCCCC[P+](c3ccccc3)(c3ccccc3)c3ccccc3)cc2)OC1(C)C. The van der Waals surface area contributed by atoms with Crippen molar-refractivity contribution in [3.05, 3.63) is 115 Å². The van der Waals surface area contributed by atoms with Crippen LogP contribution >= 0.6 is 7.26 Å². The van der Waals surface area contributed by atoms with Gasteiger partial charge in [-0.05, 0) is 94.5 Å². The van der Waals surface area contributed by atoms with Crippen molar-refractivity contribution >= 4 is 41.4 Å². The van der Waals surface area contributed by atoms with E-state index >= 15 is 0 Å². The van der Waals surface area contributed by atoms with Crippen molar-refractivity contribution in [2.24, 2.45) is 0 Å². The summed E-state index contributed by atoms with van der Waals surface area (Å²) in [5, 5.41) is 7.99. The van der Waals surface area contributed by atoms with Crippen molar-refractivity contribution < 1.29 is 9.31 Å². The number of rotatable bonds is 10. The maximum atomic E-state index is 6.20. The molecule has 39 heavy (non-hydrogen) atoms. The Labute approximate surface area is 235 Å². The van der Waals surface area contributed by atoms with E-state index in [1.165, 1.54) is 15.9 Å². The molecule has 5 heteroatoms. The molecule has 0 radical (unpaired) electrons. The second-order valence-corrected chi connectivity index (χ2v) is 15.0. The minimum Gasteiger partial charge on any atom is -0.399 e. The molecule has 1 N–H and O–H groups in total. The van der Waals surface area contributed by atoms with Gasteiger partial charge in [0.05, 0.1) is 17.4 Å². The van der Waals surface area contributed by atoms with Gasteiger partial charge in [0, 0.05) is 12.2 Å². The quantitative estimate of drug-likeness (QED) is 0.149. The predicted octanol–water partition coefficient (Wildman–Crippen LogP) is 6.17. The van der Waals surface area contributed by atoms with E-state index in [0.717, 1.165) is 36.7 Å². The minimum atomic E-state index is -1.76. The molecule has 1 aliphatic heterocycles. The Hall–Kier alpha value is -2.91. The molecule has 4 aromatic carbocycles. The highest BCUT2D eigenvalue weighted by atomic mass is 31.2. The van der Waals surface area contributed by atoms with Gasteiger partial charge in [0.15, 0.2) is 0 Å². The number of hydrogen-bond donors (Lipinski definition) is 1. The molecule has 0 atom stereocenters. The summed E-state index contributed by atoms with van der Waals surface area (Å²) in [5.41, 5.74) is 1.53. The molecule has 0 bridgehead atoms. The molecule has 0 saturated carbocycles. The smallest absolute Gasteiger partial charge is 0.399 e. The first-order valence-corrected chi connectivity index (χ1v) is 16.0. The number of nitrogens with one attached hydrogen (secondary N) is 1. The van der Waals surface area contributed by atoms with Gasteiger partial charge in [-0.3, -0.25) is 0 Å². The molecule has 0 aromatic heterocycles. The summed E-state index contributed by atoms with van der Waals surface area (Å²) >= 11 is 0. The lowest BCUT2D eigenvalue weighted by molar-refractivity contribution is 0.00578. The van der Waals surface area contributed by atoms with Crippen molar-refractivity contribution in [2.45, 2.75) is 51.7 Å². The fourth-order valence-electron chi connectivity index (χ4n) is 5.33. The molecule has 3 nitrogen and oxygen atoms in total. The third-order valence-electron chi connectivity index (χ3n) is 8.28. The molecule has 4 aromatic rings. The minimum absolute atomic E-state index is 0.324. The third kappa shape index (κ3) is 5.84. The van der Waals surface area contributed by atoms with Crippen LogP contribution in [0.2, 0.25) is 0 Å². The molecule has 0 unspecified atom stereocenters. The highest BCUT2D eigenvalue weighted by molar-refractivity contribution is 7.95. The maximum absolute atomic E-state index is 6.20. The zero-order valence-corrected chi connectivity index (χ0v) is 24.5. The normalized spacial score (nSPS) is 16.3. The highest BCUT2D eigenvalue weighted by Crippen LogP contribution is 2.55. The Morgan fingerprint density at radius 3 is 1.46 bits per heavy atom. The molecule has 1 fully saturated rings. The fraction of sp³-hybridized carbons (Fsp3) is 0.294. The largest absolute Gasteiger partial charge is 0.494 e. The topological polar surface area (TPSA) is 30.5 Å². The first-order chi connectivity index (χ1) is 18.8. The van der Waals surface area contributed by atoms with Crippen molar-refractivity contribution in [1.82, 2.24) is 0 Å². The van der Waals surface area contributed by atoms with Crippen LogP contribution < -0.4 is 26.7 Å². The summed E-state index contributed by atoms with van der Waals surface area (Å²) in [6.45, 7) is 9.30. The standard InChI is InChI=1S/C34H40BNO2P/c1-33(2)34(3,4)38-35(37-33)28-22-24-29(25-23-28)36-26-14-15-27-39(30-16-8-5-9-17-30,31-18-10-6-11-19-31)32-20-12-7-13-21-32/h5-13,16-25,36H,14-15,26-27H2,1-4H3/q+1. The first-order valence-electron chi connectivity index (χ1n) is 14.1. The lowest BCUT2D eigenvalue weighted by Gasteiger charge is -2.32. The zero-order chi connectivity index (χ0) is 27.3. The van der Waals surface area contributed by atoms with E-state index in [1.54, 1.807) is 0 Å². The van der Waals surface area contributed by atoms with Gasteiger partial charge >= 0.3 is 7.12 Å². The molecule has 200 valence electrons. The molecule has 0 amide bonds. The molecule has 5 rings (SSSR count). The first kappa shape index (κ1) is 27.7. The lowest BCUT2D eigenvalue weighted by atomic mass is 9.79. The van der Waals surface area contributed by atoms with Gasteiger partial charge in [-0.15, -0.1) is 0 Å². The predicted molar refractivity (Wildman–Crippen MR) is 170 cm³/mol. The van der Waals surface area contributed by atoms with E-state index in [4.69, 9.17) is 9.31 Å². The van der Waals surface area contributed by atoms with Crippen LogP contribution in [-0.2, 0) is 9.31 Å². The molecule has 0 spiro atoms.